The van der Waals surface area contributed by atoms with E-state index in [4.69, 9.17) is 42.6 Å². The molecule has 9 aliphatic rings. The molecule has 0 bridgehead atoms. The number of hydrogen-bond donors (Lipinski definition) is 13. The van der Waals surface area contributed by atoms with Crippen LogP contribution in [-0.2, 0) is 42.6 Å². The molecule has 13 N–H and O–H groups in total. The predicted molar refractivity (Wildman–Crippen MR) is 249 cm³/mol. The van der Waals surface area contributed by atoms with Crippen LogP contribution in [0.3, 0.4) is 0 Å². The fourth-order valence-corrected chi connectivity index (χ4v) is 14.9. The van der Waals surface area contributed by atoms with Gasteiger partial charge in [-0.2, -0.15) is 0 Å². The van der Waals surface area contributed by atoms with E-state index in [1.807, 2.05) is 6.92 Å². The van der Waals surface area contributed by atoms with Crippen molar-refractivity contribution in [2.75, 3.05) is 19.8 Å². The number of aliphatic hydroxyl groups excluding tert-OH is 12. The summed E-state index contributed by atoms with van der Waals surface area (Å²) >= 11 is 0. The Labute approximate surface area is 426 Å². The number of aliphatic hydroxyl groups is 13. The minimum Gasteiger partial charge on any atom is -0.394 e. The van der Waals surface area contributed by atoms with Crippen molar-refractivity contribution in [3.05, 3.63) is 11.6 Å². The van der Waals surface area contributed by atoms with Crippen LogP contribution in [0.25, 0.3) is 0 Å². The largest absolute Gasteiger partial charge is 0.394 e. The first kappa shape index (κ1) is 56.6. The molecule has 0 aromatic heterocycles. The van der Waals surface area contributed by atoms with Crippen LogP contribution < -0.4 is 0 Å². The highest BCUT2D eigenvalue weighted by Gasteiger charge is 2.68. The van der Waals surface area contributed by atoms with Gasteiger partial charge >= 0.3 is 0 Å². The Bertz CT molecular complexity index is 1900. The van der Waals surface area contributed by atoms with Crippen molar-refractivity contribution < 1.29 is 109 Å². The fraction of sp³-hybridized carbons (Fsp3) is 0.961. The van der Waals surface area contributed by atoms with Gasteiger partial charge < -0.3 is 109 Å². The summed E-state index contributed by atoms with van der Waals surface area (Å²) in [4.78, 5) is 0. The van der Waals surface area contributed by atoms with Gasteiger partial charge in [0.15, 0.2) is 30.9 Å². The van der Waals surface area contributed by atoms with Crippen molar-refractivity contribution >= 4 is 0 Å². The van der Waals surface area contributed by atoms with E-state index in [-0.39, 0.29) is 41.3 Å². The van der Waals surface area contributed by atoms with Crippen molar-refractivity contribution in [2.45, 2.75) is 240 Å². The third-order valence-corrected chi connectivity index (χ3v) is 19.4. The molecule has 5 aliphatic heterocycles. The highest BCUT2D eigenvalue weighted by Crippen LogP contribution is 2.70. The molecule has 22 heteroatoms. The highest BCUT2D eigenvalue weighted by atomic mass is 16.8. The molecule has 0 unspecified atom stereocenters. The van der Waals surface area contributed by atoms with E-state index in [0.29, 0.717) is 43.4 Å². The molecular weight excluding hydrogens is 965 g/mol. The smallest absolute Gasteiger partial charge is 0.187 e. The molecule has 3 saturated carbocycles. The molecule has 0 aromatic carbocycles. The number of hydrogen-bond acceptors (Lipinski definition) is 22. The summed E-state index contributed by atoms with van der Waals surface area (Å²) in [5, 5.41) is 138. The first-order chi connectivity index (χ1) is 34.4. The quantitative estimate of drug-likeness (QED) is 0.0839. The predicted octanol–water partition coefficient (Wildman–Crippen LogP) is -1.98. The Balaban J connectivity index is 0.821. The highest BCUT2D eigenvalue weighted by molar-refractivity contribution is 5.26. The first-order valence-electron chi connectivity index (χ1n) is 26.8. The van der Waals surface area contributed by atoms with Gasteiger partial charge in [0.1, 0.15) is 85.5 Å². The Morgan fingerprint density at radius 1 is 0.658 bits per heavy atom. The number of ether oxygens (including phenoxy) is 9. The summed E-state index contributed by atoms with van der Waals surface area (Å²) in [5.74, 6) is -0.162. The Hall–Kier alpha value is -1.14. The lowest BCUT2D eigenvalue weighted by Crippen LogP contribution is -2.65. The maximum Gasteiger partial charge on any atom is 0.187 e. The van der Waals surface area contributed by atoms with E-state index in [2.05, 4.69) is 26.8 Å². The van der Waals surface area contributed by atoms with Crippen LogP contribution in [0.1, 0.15) is 99.3 Å². The Morgan fingerprint density at radius 2 is 1.25 bits per heavy atom. The van der Waals surface area contributed by atoms with Gasteiger partial charge in [0, 0.05) is 12.3 Å². The molecular formula is C51H84O22. The van der Waals surface area contributed by atoms with Gasteiger partial charge in [0.2, 0.25) is 0 Å². The van der Waals surface area contributed by atoms with Gasteiger partial charge in [-0.3, -0.25) is 0 Å². The number of fused-ring (bicyclic) bond motifs is 7. The monoisotopic (exact) mass is 1050 g/mol. The van der Waals surface area contributed by atoms with Gasteiger partial charge in [0.05, 0.1) is 44.2 Å². The van der Waals surface area contributed by atoms with E-state index in [9.17, 15) is 66.4 Å². The molecule has 0 radical (unpaired) electrons. The third-order valence-electron chi connectivity index (χ3n) is 19.4. The summed E-state index contributed by atoms with van der Waals surface area (Å²) in [5.41, 5.74) is 1.11. The van der Waals surface area contributed by atoms with Crippen molar-refractivity contribution in [1.82, 2.24) is 0 Å². The minimum atomic E-state index is -1.74. The van der Waals surface area contributed by atoms with Gasteiger partial charge in [-0.15, -0.1) is 0 Å². The third kappa shape index (κ3) is 10.3. The van der Waals surface area contributed by atoms with Crippen LogP contribution in [0.2, 0.25) is 0 Å². The van der Waals surface area contributed by atoms with E-state index in [1.165, 1.54) is 19.4 Å². The summed E-state index contributed by atoms with van der Waals surface area (Å²) in [6, 6.07) is 0. The van der Waals surface area contributed by atoms with Crippen molar-refractivity contribution in [1.29, 1.82) is 0 Å². The van der Waals surface area contributed by atoms with Crippen molar-refractivity contribution in [3.63, 3.8) is 0 Å². The normalized spacial score (nSPS) is 55.5. The second-order valence-corrected chi connectivity index (χ2v) is 23.9. The Kier molecular flexibility index (Phi) is 16.9. The lowest BCUT2D eigenvalue weighted by atomic mass is 9.47. The maximum atomic E-state index is 12.1. The van der Waals surface area contributed by atoms with E-state index in [0.717, 1.165) is 32.1 Å². The molecule has 5 saturated heterocycles. The number of allylic oxidation sites excluding steroid dienone is 1. The molecule has 31 atom stereocenters. The zero-order valence-corrected chi connectivity index (χ0v) is 42.7. The van der Waals surface area contributed by atoms with E-state index >= 15 is 0 Å². The maximum absolute atomic E-state index is 12.1. The lowest BCUT2D eigenvalue weighted by Gasteiger charge is -2.58. The van der Waals surface area contributed by atoms with Gasteiger partial charge in [-0.05, 0) is 106 Å². The topological polar surface area (TPSA) is 346 Å². The summed E-state index contributed by atoms with van der Waals surface area (Å²) < 4.78 is 54.0. The van der Waals surface area contributed by atoms with Crippen molar-refractivity contribution in [2.24, 2.45) is 46.3 Å². The van der Waals surface area contributed by atoms with Gasteiger partial charge in [-0.25, -0.2) is 0 Å². The Morgan fingerprint density at radius 3 is 1.92 bits per heavy atom. The van der Waals surface area contributed by atoms with Gasteiger partial charge in [-0.1, -0.05) is 39.3 Å². The molecule has 5 heterocycles. The molecule has 0 aromatic rings. The van der Waals surface area contributed by atoms with Crippen LogP contribution >= 0.6 is 0 Å². The van der Waals surface area contributed by atoms with Crippen LogP contribution in [-0.4, -0.2) is 227 Å². The van der Waals surface area contributed by atoms with E-state index < -0.39 is 148 Å². The molecule has 22 nitrogen and oxygen atoms in total. The molecule has 0 amide bonds. The first-order valence-corrected chi connectivity index (χ1v) is 26.8. The second kappa shape index (κ2) is 21.8. The molecule has 0 spiro atoms. The molecule has 8 fully saturated rings. The zero-order valence-electron chi connectivity index (χ0n) is 42.7. The second-order valence-electron chi connectivity index (χ2n) is 23.9. The minimum absolute atomic E-state index is 0.0479. The van der Waals surface area contributed by atoms with Crippen LogP contribution in [0.5, 0.6) is 0 Å². The van der Waals surface area contributed by atoms with Gasteiger partial charge in [0.25, 0.3) is 0 Å². The molecule has 420 valence electrons. The SMILES string of the molecule is C[C@@H](CC[C@@]1(O)O[C@H]2C[C@H]3[C@@H]4CC=C5C[C@@H](O[C@@H]6O[C@H](CO[C@@H]7O[C@@H](C)[C@H](O)[C@@H](O)[C@H]7O)[C@@H](O[C@@H]7O[C@@H](C)[C@H](O)[C@@H](O)[C@H]7O)[C@H](O)[C@H]6O)CC[C@]5(C)[C@H]4CC[C@]3(C)[C@H]2[C@@H]1C)CO[C@@H]1O[C@H](CO)[C@@H](O)[C@H](O)[C@H]1O. The van der Waals surface area contributed by atoms with Crippen LogP contribution in [0.4, 0.5) is 0 Å². The molecule has 4 aliphatic carbocycles. The standard InChI is InChI=1S/C51H84O22/c1-20(18-65-46-41(61)38(58)35(55)30(17-52)70-46)9-14-51(64)21(2)32-29(73-51)16-28-26-8-7-24-15-25(10-12-49(24,5)27(26)11-13-50(28,32)6)69-48-43(63)39(59)44(72-47-42(62)37(57)34(54)23(4)68-47)31(71-48)19-66-45-40(60)36(56)33(53)22(3)67-45/h7,20-23,25-48,52-64H,8-19H2,1-6H3/t20-,21-,22-,23-,25-,26+,27-,28-,29-,30+,31+,32-,33-,34-,35+,36+,37+,38-,39+,40+,41+,42+,43+,44+,45+,46+,47-,48+,49-,50-,51+/m0/s1. The fourth-order valence-electron chi connectivity index (χ4n) is 14.9. The average molecular weight is 1050 g/mol. The van der Waals surface area contributed by atoms with Crippen LogP contribution in [0, 0.1) is 46.3 Å². The number of rotatable bonds is 14. The van der Waals surface area contributed by atoms with Crippen LogP contribution in [0.15, 0.2) is 11.6 Å². The average Bonchev–Trinajstić information content (AvgIpc) is 3.80. The van der Waals surface area contributed by atoms with E-state index in [1.54, 1.807) is 0 Å². The molecule has 73 heavy (non-hydrogen) atoms. The molecule has 9 rings (SSSR count). The summed E-state index contributed by atoms with van der Waals surface area (Å²) in [7, 11) is 0. The summed E-state index contributed by atoms with van der Waals surface area (Å²) in [6.07, 6.45) is -20.0. The lowest BCUT2D eigenvalue weighted by molar-refractivity contribution is -0.368. The summed E-state index contributed by atoms with van der Waals surface area (Å²) in [6.45, 7) is 10.9. The van der Waals surface area contributed by atoms with Crippen molar-refractivity contribution in [3.8, 4) is 0 Å². The zero-order chi connectivity index (χ0) is 52.8.